The van der Waals surface area contributed by atoms with Crippen LogP contribution in [0, 0.1) is 6.92 Å². The molecule has 0 amide bonds. The van der Waals surface area contributed by atoms with Crippen molar-refractivity contribution in [3.63, 3.8) is 0 Å². The lowest BCUT2D eigenvalue weighted by Crippen LogP contribution is -2.22. The number of para-hydroxylation sites is 1. The SMILES string of the molecule is Cc1c(-n2nnnc2SCc2nnc(-c3ccccc3Cl)o2)c(=O)n(-c2ccccc2)n1C. The van der Waals surface area contributed by atoms with Crippen molar-refractivity contribution >= 4 is 23.4 Å². The predicted octanol–water partition coefficient (Wildman–Crippen LogP) is 3.46. The summed E-state index contributed by atoms with van der Waals surface area (Å²) in [5, 5.41) is 21.0. The highest BCUT2D eigenvalue weighted by Gasteiger charge is 2.22. The quantitative estimate of drug-likeness (QED) is 0.340. The number of rotatable bonds is 6. The van der Waals surface area contributed by atoms with Crippen molar-refractivity contribution in [2.45, 2.75) is 17.8 Å². The van der Waals surface area contributed by atoms with Crippen LogP contribution in [-0.2, 0) is 12.8 Å². The molecule has 0 spiro atoms. The second-order valence-electron chi connectivity index (χ2n) is 7.05. The topological polar surface area (TPSA) is 109 Å². The van der Waals surface area contributed by atoms with Crippen molar-refractivity contribution in [1.29, 1.82) is 0 Å². The van der Waals surface area contributed by atoms with E-state index in [0.29, 0.717) is 39.0 Å². The third-order valence-corrected chi connectivity index (χ3v) is 6.31. The second-order valence-corrected chi connectivity index (χ2v) is 8.40. The molecule has 5 aromatic rings. The summed E-state index contributed by atoms with van der Waals surface area (Å²) in [4.78, 5) is 13.3. The van der Waals surface area contributed by atoms with Crippen LogP contribution in [0.2, 0.25) is 5.02 Å². The number of hydrogen-bond donors (Lipinski definition) is 0. The molecule has 3 heterocycles. The normalized spacial score (nSPS) is 11.2. The van der Waals surface area contributed by atoms with Gasteiger partial charge in [0.1, 0.15) is 0 Å². The van der Waals surface area contributed by atoms with E-state index in [1.165, 1.54) is 16.4 Å². The number of halogens is 1. The minimum absolute atomic E-state index is 0.228. The van der Waals surface area contributed by atoms with Crippen LogP contribution in [0.1, 0.15) is 11.6 Å². The molecule has 0 fully saturated rings. The smallest absolute Gasteiger partial charge is 0.297 e. The van der Waals surface area contributed by atoms with Crippen LogP contribution < -0.4 is 5.56 Å². The van der Waals surface area contributed by atoms with Crippen molar-refractivity contribution in [3.05, 3.63) is 81.6 Å². The molecule has 0 saturated heterocycles. The fraction of sp³-hybridized carbons (Fsp3) is 0.143. The van der Waals surface area contributed by atoms with Gasteiger partial charge in [-0.15, -0.1) is 15.3 Å². The van der Waals surface area contributed by atoms with Gasteiger partial charge in [0.15, 0.2) is 5.69 Å². The Hall–Kier alpha value is -3.70. The van der Waals surface area contributed by atoms with Crippen LogP contribution >= 0.6 is 23.4 Å². The minimum atomic E-state index is -0.228. The van der Waals surface area contributed by atoms with Gasteiger partial charge >= 0.3 is 0 Å². The minimum Gasteiger partial charge on any atom is -0.420 e. The molecule has 0 N–H and O–H groups in total. The van der Waals surface area contributed by atoms with E-state index >= 15 is 0 Å². The van der Waals surface area contributed by atoms with Crippen molar-refractivity contribution in [2.24, 2.45) is 7.05 Å². The molecule has 0 radical (unpaired) electrons. The molecule has 0 bridgehead atoms. The molecule has 0 saturated carbocycles. The molecule has 2 aromatic carbocycles. The summed E-state index contributed by atoms with van der Waals surface area (Å²) in [6.07, 6.45) is 0. The summed E-state index contributed by atoms with van der Waals surface area (Å²) in [7, 11) is 1.82. The third kappa shape index (κ3) is 3.85. The standard InChI is InChI=1S/C21H17ClN8O2S/c1-13-18(20(31)30(28(13)2)14-8-4-3-5-9-14)29-21(25-26-27-29)33-12-17-23-24-19(32-17)15-10-6-7-11-16(15)22/h3-11H,12H2,1-2H3. The van der Waals surface area contributed by atoms with E-state index < -0.39 is 0 Å². The summed E-state index contributed by atoms with van der Waals surface area (Å²) >= 11 is 7.49. The molecule has 0 atom stereocenters. The van der Waals surface area contributed by atoms with E-state index in [-0.39, 0.29) is 5.56 Å². The van der Waals surface area contributed by atoms with E-state index in [2.05, 4.69) is 25.7 Å². The third-order valence-electron chi connectivity index (χ3n) is 5.07. The van der Waals surface area contributed by atoms with Gasteiger partial charge in [-0.3, -0.25) is 9.48 Å². The monoisotopic (exact) mass is 480 g/mol. The van der Waals surface area contributed by atoms with E-state index in [9.17, 15) is 4.79 Å². The number of hydrogen-bond acceptors (Lipinski definition) is 8. The summed E-state index contributed by atoms with van der Waals surface area (Å²) in [5.74, 6) is 1.03. The van der Waals surface area contributed by atoms with Gasteiger partial charge in [0.25, 0.3) is 5.56 Å². The van der Waals surface area contributed by atoms with Crippen LogP contribution in [0.3, 0.4) is 0 Å². The summed E-state index contributed by atoms with van der Waals surface area (Å²) in [6.45, 7) is 1.85. The Labute approximate surface area is 196 Å². The van der Waals surface area contributed by atoms with Crippen LogP contribution in [0.25, 0.3) is 22.8 Å². The molecule has 0 aliphatic rings. The molecule has 33 heavy (non-hydrogen) atoms. The molecule has 166 valence electrons. The van der Waals surface area contributed by atoms with Gasteiger partial charge in [0.05, 0.1) is 27.7 Å². The number of nitrogens with zero attached hydrogens (tertiary/aromatic N) is 8. The van der Waals surface area contributed by atoms with Crippen molar-refractivity contribution in [2.75, 3.05) is 0 Å². The fourth-order valence-corrected chi connectivity index (χ4v) is 4.32. The number of benzene rings is 2. The van der Waals surface area contributed by atoms with Crippen LogP contribution in [0.4, 0.5) is 0 Å². The average molecular weight is 481 g/mol. The highest BCUT2D eigenvalue weighted by molar-refractivity contribution is 7.98. The molecule has 0 unspecified atom stereocenters. The first kappa shape index (κ1) is 21.2. The molecule has 12 heteroatoms. The van der Waals surface area contributed by atoms with Crippen LogP contribution in [-0.4, -0.2) is 39.8 Å². The van der Waals surface area contributed by atoms with Gasteiger partial charge < -0.3 is 4.42 Å². The predicted molar refractivity (Wildman–Crippen MR) is 123 cm³/mol. The molecular weight excluding hydrogens is 464 g/mol. The van der Waals surface area contributed by atoms with E-state index in [4.69, 9.17) is 16.0 Å². The summed E-state index contributed by atoms with van der Waals surface area (Å²) in [6, 6.07) is 16.6. The lowest BCUT2D eigenvalue weighted by Gasteiger charge is -2.07. The highest BCUT2D eigenvalue weighted by Crippen LogP contribution is 2.28. The van der Waals surface area contributed by atoms with E-state index in [1.54, 1.807) is 15.4 Å². The first-order chi connectivity index (χ1) is 16.0. The summed E-state index contributed by atoms with van der Waals surface area (Å²) in [5.41, 5.74) is 2.27. The lowest BCUT2D eigenvalue weighted by atomic mass is 10.2. The lowest BCUT2D eigenvalue weighted by molar-refractivity contribution is 0.528. The molecule has 0 aliphatic carbocycles. The molecule has 3 aromatic heterocycles. The Kier molecular flexibility index (Phi) is 5.56. The Morgan fingerprint density at radius 2 is 1.79 bits per heavy atom. The first-order valence-electron chi connectivity index (χ1n) is 9.87. The van der Waals surface area contributed by atoms with Crippen molar-refractivity contribution in [1.82, 2.24) is 39.8 Å². The number of thioether (sulfide) groups is 1. The van der Waals surface area contributed by atoms with Crippen molar-refractivity contribution < 1.29 is 4.42 Å². The largest absolute Gasteiger partial charge is 0.420 e. The molecule has 0 aliphatic heterocycles. The Morgan fingerprint density at radius 3 is 2.58 bits per heavy atom. The first-order valence-corrected chi connectivity index (χ1v) is 11.2. The molecular formula is C21H17ClN8O2S. The van der Waals surface area contributed by atoms with E-state index in [0.717, 1.165) is 11.4 Å². The zero-order valence-electron chi connectivity index (χ0n) is 17.6. The zero-order chi connectivity index (χ0) is 22.9. The van der Waals surface area contributed by atoms with Crippen LogP contribution in [0.5, 0.6) is 0 Å². The molecule has 10 nitrogen and oxygen atoms in total. The van der Waals surface area contributed by atoms with E-state index in [1.807, 2.05) is 62.5 Å². The Bertz CT molecular complexity index is 1490. The Balaban J connectivity index is 1.43. The van der Waals surface area contributed by atoms with Gasteiger partial charge in [-0.2, -0.15) is 4.68 Å². The number of aromatic nitrogens is 8. The summed E-state index contributed by atoms with van der Waals surface area (Å²) < 4.78 is 10.5. The fourth-order valence-electron chi connectivity index (χ4n) is 3.39. The van der Waals surface area contributed by atoms with Gasteiger partial charge in [-0.1, -0.05) is 53.7 Å². The highest BCUT2D eigenvalue weighted by atomic mass is 35.5. The van der Waals surface area contributed by atoms with Gasteiger partial charge in [-0.05, 0) is 41.6 Å². The average Bonchev–Trinajstić information content (AvgIpc) is 3.53. The maximum atomic E-state index is 13.3. The Morgan fingerprint density at radius 1 is 1.03 bits per heavy atom. The van der Waals surface area contributed by atoms with Gasteiger partial charge in [-0.25, -0.2) is 4.68 Å². The second kappa shape index (κ2) is 8.68. The van der Waals surface area contributed by atoms with Crippen LogP contribution in [0.15, 0.2) is 69.0 Å². The zero-order valence-corrected chi connectivity index (χ0v) is 19.2. The van der Waals surface area contributed by atoms with Crippen molar-refractivity contribution in [3.8, 4) is 22.8 Å². The maximum Gasteiger partial charge on any atom is 0.297 e. The van der Waals surface area contributed by atoms with Gasteiger partial charge in [0.2, 0.25) is 16.9 Å². The van der Waals surface area contributed by atoms with Gasteiger partial charge in [0, 0.05) is 7.05 Å². The number of tetrazole rings is 1. The maximum absolute atomic E-state index is 13.3. The molecule has 5 rings (SSSR count).